The van der Waals surface area contributed by atoms with E-state index >= 15 is 0 Å². The number of ether oxygens (including phenoxy) is 1. The normalized spacial score (nSPS) is 20.9. The molecule has 1 atom stereocenters. The van der Waals surface area contributed by atoms with Crippen molar-refractivity contribution in [2.75, 3.05) is 25.1 Å². The number of rotatable bonds is 5. The highest BCUT2D eigenvalue weighted by atomic mass is 16.5. The van der Waals surface area contributed by atoms with Crippen molar-refractivity contribution in [3.05, 3.63) is 24.3 Å². The average molecular weight is 359 g/mol. The van der Waals surface area contributed by atoms with Gasteiger partial charge in [0, 0.05) is 31.7 Å². The second kappa shape index (κ2) is 8.43. The molecule has 2 fully saturated rings. The molecule has 0 radical (unpaired) electrons. The van der Waals surface area contributed by atoms with E-state index in [9.17, 15) is 9.59 Å². The molecule has 0 aromatic heterocycles. The molecule has 142 valence electrons. The number of nitrogens with one attached hydrogen (secondary N) is 1. The molecule has 1 saturated heterocycles. The maximum atomic E-state index is 12.5. The van der Waals surface area contributed by atoms with Gasteiger partial charge >= 0.3 is 6.03 Å². The largest absolute Gasteiger partial charge is 0.494 e. The van der Waals surface area contributed by atoms with Gasteiger partial charge in [0.05, 0.1) is 12.6 Å². The summed E-state index contributed by atoms with van der Waals surface area (Å²) < 4.78 is 5.44. The van der Waals surface area contributed by atoms with Gasteiger partial charge in [-0.25, -0.2) is 4.79 Å². The molecule has 6 heteroatoms. The number of nitrogens with zero attached hydrogens (tertiary/aromatic N) is 2. The Balaban J connectivity index is 1.56. The number of amides is 3. The molecule has 1 aliphatic carbocycles. The molecule has 3 rings (SSSR count). The minimum atomic E-state index is -0.146. The Hall–Kier alpha value is -2.24. The van der Waals surface area contributed by atoms with Crippen molar-refractivity contribution >= 4 is 17.6 Å². The summed E-state index contributed by atoms with van der Waals surface area (Å²) >= 11 is 0. The topological polar surface area (TPSA) is 61.9 Å². The Bertz CT molecular complexity index is 626. The Morgan fingerprint density at radius 3 is 2.58 bits per heavy atom. The first-order valence-electron chi connectivity index (χ1n) is 9.65. The predicted octanol–water partition coefficient (Wildman–Crippen LogP) is 3.16. The minimum absolute atomic E-state index is 0.0415. The molecule has 0 spiro atoms. The third kappa shape index (κ3) is 4.29. The lowest BCUT2D eigenvalue weighted by Crippen LogP contribution is -2.48. The molecule has 1 heterocycles. The zero-order valence-electron chi connectivity index (χ0n) is 15.7. The number of carbonyl (C=O) groups excluding carboxylic acids is 2. The van der Waals surface area contributed by atoms with E-state index in [2.05, 4.69) is 5.32 Å². The van der Waals surface area contributed by atoms with Gasteiger partial charge < -0.3 is 19.9 Å². The predicted molar refractivity (Wildman–Crippen MR) is 102 cm³/mol. The zero-order valence-corrected chi connectivity index (χ0v) is 15.7. The molecule has 1 aromatic rings. The summed E-state index contributed by atoms with van der Waals surface area (Å²) in [5.41, 5.74) is 0.843. The highest BCUT2D eigenvalue weighted by Gasteiger charge is 2.33. The molecule has 1 aliphatic heterocycles. The fraction of sp³-hybridized carbons (Fsp3) is 0.600. The molecule has 1 N–H and O–H groups in total. The van der Waals surface area contributed by atoms with Crippen LogP contribution in [0.4, 0.5) is 10.5 Å². The molecule has 26 heavy (non-hydrogen) atoms. The summed E-state index contributed by atoms with van der Waals surface area (Å²) in [6, 6.07) is 7.63. The van der Waals surface area contributed by atoms with Crippen LogP contribution in [0.5, 0.6) is 5.75 Å². The van der Waals surface area contributed by atoms with Gasteiger partial charge in [0.25, 0.3) is 0 Å². The summed E-state index contributed by atoms with van der Waals surface area (Å²) in [6.07, 6.45) is 6.14. The van der Waals surface area contributed by atoms with Crippen LogP contribution in [0.1, 0.15) is 45.4 Å². The van der Waals surface area contributed by atoms with Crippen molar-refractivity contribution in [2.24, 2.45) is 0 Å². The number of anilines is 1. The van der Waals surface area contributed by atoms with Crippen LogP contribution in [-0.4, -0.2) is 49.1 Å². The lowest BCUT2D eigenvalue weighted by atomic mass is 9.95. The molecule has 0 bridgehead atoms. The van der Waals surface area contributed by atoms with E-state index in [1.54, 1.807) is 4.90 Å². The van der Waals surface area contributed by atoms with E-state index in [0.29, 0.717) is 25.6 Å². The number of urea groups is 1. The Morgan fingerprint density at radius 1 is 1.23 bits per heavy atom. The van der Waals surface area contributed by atoms with Crippen LogP contribution in [-0.2, 0) is 4.79 Å². The summed E-state index contributed by atoms with van der Waals surface area (Å²) in [5.74, 6) is 0.835. The smallest absolute Gasteiger partial charge is 0.317 e. The third-order valence-electron chi connectivity index (χ3n) is 5.35. The van der Waals surface area contributed by atoms with E-state index in [1.165, 1.54) is 19.3 Å². The van der Waals surface area contributed by atoms with Gasteiger partial charge in [0.15, 0.2) is 0 Å². The number of hydrogen-bond acceptors (Lipinski definition) is 3. The summed E-state index contributed by atoms with van der Waals surface area (Å²) in [6.45, 7) is 3.07. The van der Waals surface area contributed by atoms with Gasteiger partial charge in [-0.3, -0.25) is 4.79 Å². The van der Waals surface area contributed by atoms with Gasteiger partial charge in [-0.15, -0.1) is 0 Å². The monoisotopic (exact) mass is 359 g/mol. The van der Waals surface area contributed by atoms with Crippen LogP contribution < -0.4 is 15.0 Å². The van der Waals surface area contributed by atoms with E-state index in [-0.39, 0.29) is 18.0 Å². The van der Waals surface area contributed by atoms with E-state index < -0.39 is 0 Å². The van der Waals surface area contributed by atoms with Gasteiger partial charge in [-0.05, 0) is 44.0 Å². The zero-order chi connectivity index (χ0) is 18.5. The molecule has 1 saturated carbocycles. The molecule has 1 aromatic carbocycles. The molecule has 6 nitrogen and oxygen atoms in total. The summed E-state index contributed by atoms with van der Waals surface area (Å²) in [5, 5.41) is 3.04. The lowest BCUT2D eigenvalue weighted by Gasteiger charge is -2.32. The first kappa shape index (κ1) is 18.5. The second-order valence-corrected chi connectivity index (χ2v) is 7.18. The molecular formula is C20H29N3O3. The highest BCUT2D eigenvalue weighted by molar-refractivity contribution is 5.96. The molecule has 3 amide bonds. The van der Waals surface area contributed by atoms with Crippen LogP contribution >= 0.6 is 0 Å². The first-order chi connectivity index (χ1) is 12.6. The lowest BCUT2D eigenvalue weighted by molar-refractivity contribution is -0.117. The van der Waals surface area contributed by atoms with Crippen molar-refractivity contribution in [1.29, 1.82) is 0 Å². The Morgan fingerprint density at radius 2 is 1.92 bits per heavy atom. The Labute approximate surface area is 155 Å². The van der Waals surface area contributed by atoms with Crippen LogP contribution in [0.2, 0.25) is 0 Å². The van der Waals surface area contributed by atoms with Gasteiger partial charge in [-0.1, -0.05) is 19.3 Å². The summed E-state index contributed by atoms with van der Waals surface area (Å²) in [7, 11) is 1.87. The van der Waals surface area contributed by atoms with Crippen molar-refractivity contribution in [3.63, 3.8) is 0 Å². The molecule has 0 unspecified atom stereocenters. The Kier molecular flexibility index (Phi) is 6.01. The van der Waals surface area contributed by atoms with Crippen LogP contribution in [0.3, 0.4) is 0 Å². The van der Waals surface area contributed by atoms with E-state index in [1.807, 2.05) is 43.1 Å². The first-order valence-corrected chi connectivity index (χ1v) is 9.65. The van der Waals surface area contributed by atoms with Crippen molar-refractivity contribution < 1.29 is 14.3 Å². The van der Waals surface area contributed by atoms with E-state index in [0.717, 1.165) is 24.3 Å². The number of carbonyl (C=O) groups is 2. The van der Waals surface area contributed by atoms with Crippen molar-refractivity contribution in [3.8, 4) is 5.75 Å². The molecular weight excluding hydrogens is 330 g/mol. The van der Waals surface area contributed by atoms with Crippen LogP contribution in [0, 0.1) is 0 Å². The SMILES string of the molecule is CCOc1ccc(N2C[C@H](NC(=O)N(C)C3CCCCC3)CC2=O)cc1. The van der Waals surface area contributed by atoms with Crippen LogP contribution in [0.15, 0.2) is 24.3 Å². The van der Waals surface area contributed by atoms with Gasteiger partial charge in [0.1, 0.15) is 5.75 Å². The number of benzene rings is 1. The standard InChI is InChI=1S/C20H29N3O3/c1-3-26-18-11-9-17(10-12-18)23-14-15(13-19(23)24)21-20(25)22(2)16-7-5-4-6-8-16/h9-12,15-16H,3-8,13-14H2,1-2H3,(H,21,25)/t15-/m1/s1. The highest BCUT2D eigenvalue weighted by Crippen LogP contribution is 2.25. The average Bonchev–Trinajstić information content (AvgIpc) is 3.03. The summed E-state index contributed by atoms with van der Waals surface area (Å²) in [4.78, 5) is 28.5. The third-order valence-corrected chi connectivity index (χ3v) is 5.35. The number of hydrogen-bond donors (Lipinski definition) is 1. The second-order valence-electron chi connectivity index (χ2n) is 7.18. The maximum absolute atomic E-state index is 12.5. The quantitative estimate of drug-likeness (QED) is 0.878. The fourth-order valence-corrected chi connectivity index (χ4v) is 3.85. The minimum Gasteiger partial charge on any atom is -0.494 e. The maximum Gasteiger partial charge on any atom is 0.317 e. The van der Waals surface area contributed by atoms with Gasteiger partial charge in [0.2, 0.25) is 5.91 Å². The van der Waals surface area contributed by atoms with E-state index in [4.69, 9.17) is 4.74 Å². The fourth-order valence-electron chi connectivity index (χ4n) is 3.85. The van der Waals surface area contributed by atoms with Crippen molar-refractivity contribution in [2.45, 2.75) is 57.5 Å². The van der Waals surface area contributed by atoms with Crippen molar-refractivity contribution in [1.82, 2.24) is 10.2 Å². The molecule has 2 aliphatic rings. The van der Waals surface area contributed by atoms with Gasteiger partial charge in [-0.2, -0.15) is 0 Å². The van der Waals surface area contributed by atoms with Crippen LogP contribution in [0.25, 0.3) is 0 Å².